The normalized spacial score (nSPS) is 12.8. The van der Waals surface area contributed by atoms with Crippen LogP contribution in [0.2, 0.25) is 0 Å². The van der Waals surface area contributed by atoms with Gasteiger partial charge in [-0.15, -0.1) is 0 Å². The van der Waals surface area contributed by atoms with E-state index >= 15 is 0 Å². The van der Waals surface area contributed by atoms with E-state index in [0.717, 1.165) is 22.3 Å². The van der Waals surface area contributed by atoms with Crippen LogP contribution in [0.25, 0.3) is 11.1 Å². The lowest BCUT2D eigenvalue weighted by molar-refractivity contribution is -0.142. The van der Waals surface area contributed by atoms with Crippen LogP contribution >= 0.6 is 0 Å². The first-order chi connectivity index (χ1) is 21.2. The Bertz CT molecular complexity index is 1720. The molecule has 1 N–H and O–H groups in total. The second kappa shape index (κ2) is 13.0. The van der Waals surface area contributed by atoms with E-state index < -0.39 is 5.97 Å². The maximum Gasteiger partial charge on any atom is 0.326 e. The first kappa shape index (κ1) is 30.2. The molecule has 0 saturated heterocycles. The maximum atomic E-state index is 13.7. The number of ether oxygens (including phenoxy) is 1. The number of anilines is 3. The standard InChI is InChI=1S/C36H35N3O5/c1-5-44-33(41)22-39-31-13-9-8-12-30(31)38(19-18-32(39)40)36(43)26-14-16-27(17-15-26)37-35(42)29-11-7-6-10-28(29)34-24(3)20-23(2)21-25(34)4/h6-17,20-21H,5,18-19,22H2,1-4H3,(H,37,42). The summed E-state index contributed by atoms with van der Waals surface area (Å²) < 4.78 is 5.06. The van der Waals surface area contributed by atoms with Crippen LogP contribution in [0.1, 0.15) is 50.8 Å². The van der Waals surface area contributed by atoms with E-state index in [2.05, 4.69) is 38.2 Å². The zero-order valence-electron chi connectivity index (χ0n) is 25.3. The Hall–Kier alpha value is -5.24. The van der Waals surface area contributed by atoms with E-state index in [4.69, 9.17) is 4.74 Å². The Morgan fingerprint density at radius 2 is 1.48 bits per heavy atom. The third-order valence-corrected chi connectivity index (χ3v) is 7.66. The van der Waals surface area contributed by atoms with E-state index in [1.54, 1.807) is 60.4 Å². The Kier molecular flexibility index (Phi) is 8.90. The number of benzene rings is 4. The van der Waals surface area contributed by atoms with E-state index in [1.165, 1.54) is 10.5 Å². The van der Waals surface area contributed by atoms with Crippen molar-refractivity contribution in [2.45, 2.75) is 34.1 Å². The van der Waals surface area contributed by atoms with Crippen molar-refractivity contribution in [2.24, 2.45) is 0 Å². The van der Waals surface area contributed by atoms with Crippen molar-refractivity contribution in [1.82, 2.24) is 0 Å². The number of fused-ring (bicyclic) bond motifs is 1. The number of hydrogen-bond donors (Lipinski definition) is 1. The fraction of sp³-hybridized carbons (Fsp3) is 0.222. The van der Waals surface area contributed by atoms with Crippen molar-refractivity contribution in [1.29, 1.82) is 0 Å². The summed E-state index contributed by atoms with van der Waals surface area (Å²) in [6.07, 6.45) is 0.0489. The van der Waals surface area contributed by atoms with Gasteiger partial charge >= 0.3 is 5.97 Å². The van der Waals surface area contributed by atoms with Gasteiger partial charge in [-0.2, -0.15) is 0 Å². The molecule has 0 aromatic heterocycles. The molecule has 8 nitrogen and oxygen atoms in total. The molecule has 0 radical (unpaired) electrons. The highest BCUT2D eigenvalue weighted by atomic mass is 16.5. The predicted octanol–water partition coefficient (Wildman–Crippen LogP) is 6.48. The number of carbonyl (C=O) groups excluding carboxylic acids is 4. The van der Waals surface area contributed by atoms with Gasteiger partial charge in [0.1, 0.15) is 6.54 Å². The van der Waals surface area contributed by atoms with Crippen molar-refractivity contribution in [3.63, 3.8) is 0 Å². The van der Waals surface area contributed by atoms with Gasteiger partial charge in [-0.1, -0.05) is 48.0 Å². The third-order valence-electron chi connectivity index (χ3n) is 7.66. The lowest BCUT2D eigenvalue weighted by Crippen LogP contribution is -2.36. The number of esters is 1. The zero-order chi connectivity index (χ0) is 31.4. The van der Waals surface area contributed by atoms with Gasteiger partial charge in [-0.05, 0) is 92.4 Å². The molecule has 0 unspecified atom stereocenters. The van der Waals surface area contributed by atoms with Crippen LogP contribution in [0.3, 0.4) is 0 Å². The Labute approximate surface area is 257 Å². The monoisotopic (exact) mass is 589 g/mol. The molecule has 1 aliphatic rings. The summed E-state index contributed by atoms with van der Waals surface area (Å²) in [6, 6.07) is 25.5. The molecule has 224 valence electrons. The molecule has 0 atom stereocenters. The van der Waals surface area contributed by atoms with Crippen LogP contribution in [0.5, 0.6) is 0 Å². The minimum absolute atomic E-state index is 0.0489. The first-order valence-corrected chi connectivity index (χ1v) is 14.6. The molecule has 0 bridgehead atoms. The van der Waals surface area contributed by atoms with Gasteiger partial charge in [0, 0.05) is 29.8 Å². The lowest BCUT2D eigenvalue weighted by atomic mass is 9.90. The van der Waals surface area contributed by atoms with Crippen LogP contribution in [-0.2, 0) is 14.3 Å². The summed E-state index contributed by atoms with van der Waals surface area (Å²) in [5, 5.41) is 2.97. The van der Waals surface area contributed by atoms with Crippen molar-refractivity contribution < 1.29 is 23.9 Å². The summed E-state index contributed by atoms with van der Waals surface area (Å²) in [5.41, 5.74) is 7.78. The molecule has 8 heteroatoms. The van der Waals surface area contributed by atoms with Gasteiger partial charge in [0.25, 0.3) is 11.8 Å². The summed E-state index contributed by atoms with van der Waals surface area (Å²) >= 11 is 0. The number of carbonyl (C=O) groups is 4. The fourth-order valence-electron chi connectivity index (χ4n) is 5.79. The first-order valence-electron chi connectivity index (χ1n) is 14.6. The number of aryl methyl sites for hydroxylation is 3. The summed E-state index contributed by atoms with van der Waals surface area (Å²) in [4.78, 5) is 55.3. The van der Waals surface area contributed by atoms with Gasteiger partial charge < -0.3 is 15.0 Å². The number of para-hydroxylation sites is 2. The summed E-state index contributed by atoms with van der Waals surface area (Å²) in [7, 11) is 0. The van der Waals surface area contributed by atoms with Crippen molar-refractivity contribution in [3.05, 3.63) is 113 Å². The molecule has 3 amide bonds. The van der Waals surface area contributed by atoms with Crippen LogP contribution < -0.4 is 15.1 Å². The van der Waals surface area contributed by atoms with Gasteiger partial charge in [-0.25, -0.2) is 0 Å². The Balaban J connectivity index is 1.36. The second-order valence-electron chi connectivity index (χ2n) is 10.8. The molecular weight excluding hydrogens is 554 g/mol. The van der Waals surface area contributed by atoms with Crippen molar-refractivity contribution in [3.8, 4) is 11.1 Å². The number of amides is 3. The van der Waals surface area contributed by atoms with Gasteiger partial charge in [-0.3, -0.25) is 24.1 Å². The predicted molar refractivity (Wildman–Crippen MR) is 172 cm³/mol. The molecule has 5 rings (SSSR count). The zero-order valence-corrected chi connectivity index (χ0v) is 25.3. The molecule has 4 aromatic carbocycles. The highest BCUT2D eigenvalue weighted by Gasteiger charge is 2.31. The van der Waals surface area contributed by atoms with Crippen LogP contribution in [0.15, 0.2) is 84.9 Å². The highest BCUT2D eigenvalue weighted by molar-refractivity contribution is 6.12. The summed E-state index contributed by atoms with van der Waals surface area (Å²) in [6.45, 7) is 8.00. The van der Waals surface area contributed by atoms with E-state index in [9.17, 15) is 19.2 Å². The van der Waals surface area contributed by atoms with E-state index in [1.807, 2.05) is 24.3 Å². The molecule has 1 heterocycles. The maximum absolute atomic E-state index is 13.7. The van der Waals surface area contributed by atoms with Crippen LogP contribution in [0.4, 0.5) is 17.1 Å². The molecule has 0 aliphatic carbocycles. The van der Waals surface area contributed by atoms with Crippen LogP contribution in [0, 0.1) is 20.8 Å². The molecular formula is C36H35N3O5. The minimum atomic E-state index is -0.514. The number of hydrogen-bond acceptors (Lipinski definition) is 5. The van der Waals surface area contributed by atoms with Gasteiger partial charge in [0.05, 0.1) is 18.0 Å². The van der Waals surface area contributed by atoms with Gasteiger partial charge in [0.2, 0.25) is 5.91 Å². The Morgan fingerprint density at radius 3 is 2.16 bits per heavy atom. The van der Waals surface area contributed by atoms with Gasteiger partial charge in [0.15, 0.2) is 0 Å². The number of nitrogens with one attached hydrogen (secondary N) is 1. The minimum Gasteiger partial charge on any atom is -0.465 e. The molecule has 0 saturated carbocycles. The molecule has 0 spiro atoms. The molecule has 1 aliphatic heterocycles. The average Bonchev–Trinajstić information content (AvgIpc) is 3.13. The van der Waals surface area contributed by atoms with Crippen LogP contribution in [-0.4, -0.2) is 43.4 Å². The average molecular weight is 590 g/mol. The Morgan fingerprint density at radius 1 is 0.841 bits per heavy atom. The lowest BCUT2D eigenvalue weighted by Gasteiger charge is -2.25. The second-order valence-corrected chi connectivity index (χ2v) is 10.8. The van der Waals surface area contributed by atoms with E-state index in [0.29, 0.717) is 28.2 Å². The fourth-order valence-corrected chi connectivity index (χ4v) is 5.79. The topological polar surface area (TPSA) is 96.0 Å². The third kappa shape index (κ3) is 6.24. The molecule has 44 heavy (non-hydrogen) atoms. The van der Waals surface area contributed by atoms with E-state index in [-0.39, 0.29) is 43.8 Å². The quantitative estimate of drug-likeness (QED) is 0.249. The summed E-state index contributed by atoms with van der Waals surface area (Å²) in [5.74, 6) is -1.33. The number of rotatable bonds is 7. The van der Waals surface area contributed by atoms with Crippen molar-refractivity contribution in [2.75, 3.05) is 34.8 Å². The highest BCUT2D eigenvalue weighted by Crippen LogP contribution is 2.34. The SMILES string of the molecule is CCOC(=O)CN1C(=O)CCN(C(=O)c2ccc(NC(=O)c3ccccc3-c3c(C)cc(C)cc3C)cc2)c2ccccc21. The largest absolute Gasteiger partial charge is 0.465 e. The molecule has 0 fully saturated rings. The molecule has 4 aromatic rings. The smallest absolute Gasteiger partial charge is 0.326 e. The number of nitrogens with zero attached hydrogens (tertiary/aromatic N) is 2. The van der Waals surface area contributed by atoms with Crippen molar-refractivity contribution >= 4 is 40.8 Å².